The van der Waals surface area contributed by atoms with Gasteiger partial charge in [-0.15, -0.1) is 11.3 Å². The number of ether oxygens (including phenoxy) is 1. The maximum absolute atomic E-state index is 14.3. The van der Waals surface area contributed by atoms with Crippen LogP contribution < -0.4 is 4.74 Å². The van der Waals surface area contributed by atoms with E-state index in [9.17, 15) is 10.1 Å². The summed E-state index contributed by atoms with van der Waals surface area (Å²) in [4.78, 5) is 19.2. The van der Waals surface area contributed by atoms with E-state index >= 15 is 0 Å². The van der Waals surface area contributed by atoms with Gasteiger partial charge in [0.1, 0.15) is 10.6 Å². The molecule has 1 aliphatic rings. The molecule has 0 atom stereocenters. The second-order valence-electron chi connectivity index (χ2n) is 10.5. The molecule has 1 fully saturated rings. The molecule has 4 aromatic rings. The van der Waals surface area contributed by atoms with Gasteiger partial charge in [0.25, 0.3) is 5.91 Å². The molecule has 0 unspecified atom stereocenters. The highest BCUT2D eigenvalue weighted by Gasteiger charge is 2.33. The normalized spacial score (nSPS) is 17.1. The van der Waals surface area contributed by atoms with E-state index in [1.165, 1.54) is 11.3 Å². The third-order valence-electron chi connectivity index (χ3n) is 7.85. The first-order valence-corrected chi connectivity index (χ1v) is 15.0. The molecule has 0 bridgehead atoms. The molecule has 0 saturated heterocycles. The fraction of sp³-hybridized carbons (Fsp3) is 0.333. The van der Waals surface area contributed by atoms with Crippen molar-refractivity contribution in [2.45, 2.75) is 51.2 Å². The van der Waals surface area contributed by atoms with Crippen molar-refractivity contribution in [2.24, 2.45) is 0 Å². The Labute approximate surface area is 245 Å². The van der Waals surface area contributed by atoms with Crippen molar-refractivity contribution in [3.8, 4) is 22.9 Å². The van der Waals surface area contributed by atoms with Crippen LogP contribution in [0, 0.1) is 11.3 Å². The molecular weight excluding hydrogens is 538 g/mol. The number of hydrogen-bond donors (Lipinski definition) is 0. The molecule has 1 aromatic heterocycles. The second kappa shape index (κ2) is 12.4. The van der Waals surface area contributed by atoms with Crippen molar-refractivity contribution in [1.82, 2.24) is 9.80 Å². The Morgan fingerprint density at radius 2 is 1.73 bits per heavy atom. The second-order valence-corrected chi connectivity index (χ2v) is 12.0. The van der Waals surface area contributed by atoms with E-state index in [0.29, 0.717) is 34.7 Å². The van der Waals surface area contributed by atoms with Gasteiger partial charge in [0.15, 0.2) is 0 Å². The maximum Gasteiger partial charge on any atom is 0.266 e. The van der Waals surface area contributed by atoms with Gasteiger partial charge in [0, 0.05) is 34.3 Å². The first-order chi connectivity index (χ1) is 19.4. The number of thiophene rings is 1. The number of carbonyl (C=O) groups excluding carboxylic acids is 1. The smallest absolute Gasteiger partial charge is 0.266 e. The standard InChI is InChI=1S/C33H34ClN3O2S/c1-4-39-29-17-12-24(23-9-7-8-22(18-23)20-35)19-25(29)21-37(27-15-13-26(14-16-27)36(2)3)33(38)32-31(34)28-10-5-6-11-30(28)40-32/h5-12,17-19,26-27H,4,13-16,21H2,1-3H3/t26-,27-. The van der Waals surface area contributed by atoms with E-state index in [-0.39, 0.29) is 11.9 Å². The highest BCUT2D eigenvalue weighted by Crippen LogP contribution is 2.38. The Morgan fingerprint density at radius 3 is 2.42 bits per heavy atom. The number of hydrogen-bond acceptors (Lipinski definition) is 5. The van der Waals surface area contributed by atoms with Gasteiger partial charge < -0.3 is 14.5 Å². The van der Waals surface area contributed by atoms with Crippen LogP contribution in [0.2, 0.25) is 5.02 Å². The van der Waals surface area contributed by atoms with Crippen LogP contribution in [0.25, 0.3) is 21.2 Å². The van der Waals surface area contributed by atoms with Crippen LogP contribution in [0.5, 0.6) is 5.75 Å². The van der Waals surface area contributed by atoms with E-state index in [1.54, 1.807) is 6.07 Å². The van der Waals surface area contributed by atoms with Gasteiger partial charge in [-0.2, -0.15) is 5.26 Å². The molecule has 0 spiro atoms. The lowest BCUT2D eigenvalue weighted by atomic mass is 9.89. The van der Waals surface area contributed by atoms with Crippen LogP contribution in [0.15, 0.2) is 66.7 Å². The molecule has 7 heteroatoms. The molecule has 0 radical (unpaired) electrons. The summed E-state index contributed by atoms with van der Waals surface area (Å²) in [6, 6.07) is 24.5. The van der Waals surface area contributed by atoms with Crippen molar-refractivity contribution in [2.75, 3.05) is 20.7 Å². The molecule has 206 valence electrons. The molecular formula is C33H34ClN3O2S. The summed E-state index contributed by atoms with van der Waals surface area (Å²) in [6.07, 6.45) is 3.96. The largest absolute Gasteiger partial charge is 0.494 e. The van der Waals surface area contributed by atoms with Crippen LogP contribution in [-0.2, 0) is 6.54 Å². The predicted molar refractivity (Wildman–Crippen MR) is 164 cm³/mol. The van der Waals surface area contributed by atoms with Crippen LogP contribution in [0.4, 0.5) is 0 Å². The Kier molecular flexibility index (Phi) is 8.75. The SMILES string of the molecule is CCOc1ccc(-c2cccc(C#N)c2)cc1CN(C(=O)c1sc2ccccc2c1Cl)[C@H]1CC[C@H](N(C)C)CC1. The number of amides is 1. The molecule has 40 heavy (non-hydrogen) atoms. The predicted octanol–water partition coefficient (Wildman–Crippen LogP) is 8.01. The maximum atomic E-state index is 14.3. The average Bonchev–Trinajstić information content (AvgIpc) is 3.32. The highest BCUT2D eigenvalue weighted by atomic mass is 35.5. The van der Waals surface area contributed by atoms with Crippen molar-refractivity contribution in [3.05, 3.63) is 87.8 Å². The number of nitrogens with zero attached hydrogens (tertiary/aromatic N) is 3. The van der Waals surface area contributed by atoms with Crippen LogP contribution in [0.3, 0.4) is 0 Å². The van der Waals surface area contributed by atoms with E-state index in [4.69, 9.17) is 16.3 Å². The minimum atomic E-state index is -0.0289. The van der Waals surface area contributed by atoms with Gasteiger partial charge in [-0.05, 0) is 88.2 Å². The lowest BCUT2D eigenvalue weighted by Gasteiger charge is -2.39. The van der Waals surface area contributed by atoms with Crippen molar-refractivity contribution < 1.29 is 9.53 Å². The van der Waals surface area contributed by atoms with Crippen LogP contribution >= 0.6 is 22.9 Å². The summed E-state index contributed by atoms with van der Waals surface area (Å²) in [5, 5.41) is 10.9. The lowest BCUT2D eigenvalue weighted by Crippen LogP contribution is -2.44. The third kappa shape index (κ3) is 5.88. The van der Waals surface area contributed by atoms with Gasteiger partial charge in [-0.25, -0.2) is 0 Å². The first-order valence-electron chi connectivity index (χ1n) is 13.8. The first kappa shape index (κ1) is 28.2. The summed E-state index contributed by atoms with van der Waals surface area (Å²) < 4.78 is 7.06. The zero-order valence-corrected chi connectivity index (χ0v) is 24.8. The molecule has 5 nitrogen and oxygen atoms in total. The third-order valence-corrected chi connectivity index (χ3v) is 9.52. The van der Waals surface area contributed by atoms with Crippen LogP contribution in [-0.4, -0.2) is 48.5 Å². The van der Waals surface area contributed by atoms with Gasteiger partial charge in [0.2, 0.25) is 0 Å². The van der Waals surface area contributed by atoms with E-state index in [2.05, 4.69) is 31.1 Å². The van der Waals surface area contributed by atoms with E-state index in [1.807, 2.05) is 66.4 Å². The number of halogens is 1. The Hall–Kier alpha value is -3.37. The molecule has 1 heterocycles. The molecule has 0 aliphatic heterocycles. The number of benzene rings is 3. The van der Waals surface area contributed by atoms with E-state index < -0.39 is 0 Å². The fourth-order valence-corrected chi connectivity index (χ4v) is 7.13. The summed E-state index contributed by atoms with van der Waals surface area (Å²) >= 11 is 8.29. The highest BCUT2D eigenvalue weighted by molar-refractivity contribution is 7.21. The van der Waals surface area contributed by atoms with E-state index in [0.717, 1.165) is 58.2 Å². The van der Waals surface area contributed by atoms with Crippen molar-refractivity contribution >= 4 is 38.9 Å². The number of fused-ring (bicyclic) bond motifs is 1. The summed E-state index contributed by atoms with van der Waals surface area (Å²) in [5.41, 5.74) is 3.50. The summed E-state index contributed by atoms with van der Waals surface area (Å²) in [5.74, 6) is 0.740. The molecule has 1 aliphatic carbocycles. The van der Waals surface area contributed by atoms with Gasteiger partial charge in [-0.1, -0.05) is 48.0 Å². The summed E-state index contributed by atoms with van der Waals surface area (Å²) in [6.45, 7) is 2.92. The molecule has 1 amide bonds. The number of rotatable bonds is 8. The monoisotopic (exact) mass is 571 g/mol. The zero-order chi connectivity index (χ0) is 28.2. The van der Waals surface area contributed by atoms with Crippen LogP contribution in [0.1, 0.15) is 53.4 Å². The minimum absolute atomic E-state index is 0.0289. The quantitative estimate of drug-likeness (QED) is 0.215. The number of carbonyl (C=O) groups is 1. The lowest BCUT2D eigenvalue weighted by molar-refractivity contribution is 0.0572. The topological polar surface area (TPSA) is 56.6 Å². The van der Waals surface area contributed by atoms with Gasteiger partial charge >= 0.3 is 0 Å². The molecule has 5 rings (SSSR count). The Morgan fingerprint density at radius 1 is 1.00 bits per heavy atom. The van der Waals surface area contributed by atoms with Crippen molar-refractivity contribution in [3.63, 3.8) is 0 Å². The van der Waals surface area contributed by atoms with Gasteiger partial charge in [-0.3, -0.25) is 4.79 Å². The molecule has 1 saturated carbocycles. The zero-order valence-electron chi connectivity index (χ0n) is 23.2. The van der Waals surface area contributed by atoms with Crippen molar-refractivity contribution in [1.29, 1.82) is 5.26 Å². The molecule has 0 N–H and O–H groups in total. The minimum Gasteiger partial charge on any atom is -0.494 e. The fourth-order valence-electron chi connectivity index (χ4n) is 5.67. The average molecular weight is 572 g/mol. The number of nitriles is 1. The Bertz CT molecular complexity index is 1550. The Balaban J connectivity index is 1.54. The molecule has 3 aromatic carbocycles. The summed E-state index contributed by atoms with van der Waals surface area (Å²) in [7, 11) is 4.26. The van der Waals surface area contributed by atoms with Gasteiger partial charge in [0.05, 0.1) is 23.3 Å².